The summed E-state index contributed by atoms with van der Waals surface area (Å²) in [5.74, 6) is 0.617. The van der Waals surface area contributed by atoms with E-state index in [0.717, 1.165) is 0 Å². The lowest BCUT2D eigenvalue weighted by Crippen LogP contribution is -2.34. The molecule has 0 saturated carbocycles. The number of rotatable bonds is 7. The van der Waals surface area contributed by atoms with E-state index in [1.165, 1.54) is 0 Å². The molecule has 3 heteroatoms. The molecule has 0 aromatic heterocycles. The van der Waals surface area contributed by atoms with Crippen molar-refractivity contribution in [2.24, 2.45) is 0 Å². The second kappa shape index (κ2) is 6.55. The molecule has 3 nitrogen and oxygen atoms in total. The Balaban J connectivity index is 2.82. The van der Waals surface area contributed by atoms with Crippen molar-refractivity contribution in [3.05, 3.63) is 29.8 Å². The van der Waals surface area contributed by atoms with Crippen LogP contribution < -0.4 is 4.74 Å². The Hall–Kier alpha value is -1.35. The zero-order chi connectivity index (χ0) is 13.6. The fourth-order valence-electron chi connectivity index (χ4n) is 1.68. The molecule has 0 bridgehead atoms. The highest BCUT2D eigenvalue weighted by Gasteiger charge is 2.24. The molecule has 1 rings (SSSR count). The molecule has 0 heterocycles. The van der Waals surface area contributed by atoms with Crippen molar-refractivity contribution < 1.29 is 14.6 Å². The molecule has 0 aliphatic rings. The predicted octanol–water partition coefficient (Wildman–Crippen LogP) is 3.21. The van der Waals surface area contributed by atoms with Crippen LogP contribution >= 0.6 is 0 Å². The fraction of sp³-hybridized carbons (Fsp3) is 0.533. The minimum absolute atomic E-state index is 0.0575. The van der Waals surface area contributed by atoms with Gasteiger partial charge in [-0.25, -0.2) is 0 Å². The van der Waals surface area contributed by atoms with E-state index in [-0.39, 0.29) is 12.4 Å². The topological polar surface area (TPSA) is 46.5 Å². The van der Waals surface area contributed by atoms with Crippen LogP contribution in [-0.4, -0.2) is 23.1 Å². The molecule has 0 unspecified atom stereocenters. The lowest BCUT2D eigenvalue weighted by Gasteiger charge is -2.25. The Morgan fingerprint density at radius 3 is 2.39 bits per heavy atom. The van der Waals surface area contributed by atoms with Gasteiger partial charge in [0.2, 0.25) is 0 Å². The number of Topliss-reactive ketones (excluding diaryl/α,β-unsaturated/α-hetero) is 1. The van der Waals surface area contributed by atoms with Gasteiger partial charge in [0.1, 0.15) is 12.4 Å². The predicted molar refractivity (Wildman–Crippen MR) is 72.1 cm³/mol. The molecule has 100 valence electrons. The zero-order valence-electron chi connectivity index (χ0n) is 11.4. The summed E-state index contributed by atoms with van der Waals surface area (Å²) in [6.45, 7) is 5.90. The van der Waals surface area contributed by atoms with E-state index in [0.29, 0.717) is 30.6 Å². The van der Waals surface area contributed by atoms with Crippen LogP contribution in [0, 0.1) is 0 Å². The van der Waals surface area contributed by atoms with E-state index in [1.54, 1.807) is 12.1 Å². The summed E-state index contributed by atoms with van der Waals surface area (Å²) < 4.78 is 5.64. The molecule has 0 saturated heterocycles. The summed E-state index contributed by atoms with van der Waals surface area (Å²) in [5, 5.41) is 10.2. The molecule has 18 heavy (non-hydrogen) atoms. The average Bonchev–Trinajstić information content (AvgIpc) is 2.44. The third kappa shape index (κ3) is 3.57. The quantitative estimate of drug-likeness (QED) is 0.756. The summed E-state index contributed by atoms with van der Waals surface area (Å²) in [4.78, 5) is 11.8. The maximum absolute atomic E-state index is 11.8. The van der Waals surface area contributed by atoms with Gasteiger partial charge in [0.25, 0.3) is 0 Å². The molecule has 1 aromatic rings. The molecule has 0 aliphatic heterocycles. The number of hydrogen-bond acceptors (Lipinski definition) is 3. The second-order valence-corrected chi connectivity index (χ2v) is 4.49. The molecule has 1 aromatic carbocycles. The highest BCUT2D eigenvalue weighted by molar-refractivity contribution is 5.98. The van der Waals surface area contributed by atoms with Crippen molar-refractivity contribution in [2.75, 3.05) is 6.61 Å². The van der Waals surface area contributed by atoms with Gasteiger partial charge in [-0.05, 0) is 25.0 Å². The lowest BCUT2D eigenvalue weighted by atomic mass is 9.99. The number of carbonyl (C=O) groups is 1. The normalized spacial score (nSPS) is 11.3. The minimum Gasteiger partial charge on any atom is -0.490 e. The molecule has 0 spiro atoms. The maximum Gasteiger partial charge on any atom is 0.166 e. The van der Waals surface area contributed by atoms with Crippen LogP contribution in [-0.2, 0) is 0 Å². The van der Waals surface area contributed by atoms with E-state index in [9.17, 15) is 9.90 Å². The van der Waals surface area contributed by atoms with Crippen molar-refractivity contribution in [2.45, 2.75) is 45.6 Å². The van der Waals surface area contributed by atoms with Crippen LogP contribution in [0.25, 0.3) is 0 Å². The van der Waals surface area contributed by atoms with Crippen molar-refractivity contribution in [3.63, 3.8) is 0 Å². The monoisotopic (exact) mass is 250 g/mol. The Morgan fingerprint density at radius 1 is 1.22 bits per heavy atom. The summed E-state index contributed by atoms with van der Waals surface area (Å²) >= 11 is 0. The summed E-state index contributed by atoms with van der Waals surface area (Å²) in [6, 6.07) is 7.19. The Kier molecular flexibility index (Phi) is 5.35. The number of aliphatic hydroxyl groups is 1. The Labute approximate surface area is 109 Å². The molecule has 1 N–H and O–H groups in total. The van der Waals surface area contributed by atoms with Gasteiger partial charge in [-0.15, -0.1) is 0 Å². The Bertz CT molecular complexity index is 394. The minimum atomic E-state index is -0.817. The molecular weight excluding hydrogens is 228 g/mol. The van der Waals surface area contributed by atoms with Crippen molar-refractivity contribution >= 4 is 5.78 Å². The van der Waals surface area contributed by atoms with Gasteiger partial charge < -0.3 is 9.84 Å². The second-order valence-electron chi connectivity index (χ2n) is 4.49. The first-order chi connectivity index (χ1) is 8.56. The van der Waals surface area contributed by atoms with E-state index in [4.69, 9.17) is 4.74 Å². The highest BCUT2D eigenvalue weighted by Crippen LogP contribution is 2.22. The highest BCUT2D eigenvalue weighted by atomic mass is 16.5. The van der Waals surface area contributed by atoms with Crippen LogP contribution in [0.3, 0.4) is 0 Å². The molecule has 0 atom stereocenters. The summed E-state index contributed by atoms with van der Waals surface area (Å²) in [7, 11) is 0. The molecule has 0 radical (unpaired) electrons. The van der Waals surface area contributed by atoms with Crippen molar-refractivity contribution in [1.29, 1.82) is 0 Å². The number of benzene rings is 1. The number of hydrogen-bond donors (Lipinski definition) is 1. The van der Waals surface area contributed by atoms with Gasteiger partial charge >= 0.3 is 0 Å². The fourth-order valence-corrected chi connectivity index (χ4v) is 1.68. The zero-order valence-corrected chi connectivity index (χ0v) is 11.4. The van der Waals surface area contributed by atoms with E-state index in [1.807, 2.05) is 32.9 Å². The first-order valence-corrected chi connectivity index (χ1v) is 6.53. The Morgan fingerprint density at radius 2 is 1.83 bits per heavy atom. The van der Waals surface area contributed by atoms with E-state index < -0.39 is 5.60 Å². The van der Waals surface area contributed by atoms with Crippen LogP contribution in [0.2, 0.25) is 0 Å². The van der Waals surface area contributed by atoms with E-state index >= 15 is 0 Å². The van der Waals surface area contributed by atoms with Crippen LogP contribution in [0.4, 0.5) is 0 Å². The van der Waals surface area contributed by atoms with Gasteiger partial charge in [0.05, 0.1) is 11.2 Å². The number of carbonyl (C=O) groups excluding carboxylic acids is 1. The van der Waals surface area contributed by atoms with Gasteiger partial charge in [-0.2, -0.15) is 0 Å². The third-order valence-electron chi connectivity index (χ3n) is 3.32. The molecule has 0 amide bonds. The first kappa shape index (κ1) is 14.7. The summed E-state index contributed by atoms with van der Waals surface area (Å²) in [6.07, 6.45) is 1.72. The molecule has 0 fully saturated rings. The largest absolute Gasteiger partial charge is 0.490 e. The number of ketones is 1. The summed E-state index contributed by atoms with van der Waals surface area (Å²) in [5.41, 5.74) is -0.225. The molecular formula is C15H22O3. The molecule has 0 aliphatic carbocycles. The lowest BCUT2D eigenvalue weighted by molar-refractivity contribution is -0.0115. The first-order valence-electron chi connectivity index (χ1n) is 6.53. The van der Waals surface area contributed by atoms with Crippen LogP contribution in [0.5, 0.6) is 5.75 Å². The van der Waals surface area contributed by atoms with Gasteiger partial charge in [0, 0.05) is 6.42 Å². The van der Waals surface area contributed by atoms with Gasteiger partial charge in [0.15, 0.2) is 5.78 Å². The standard InChI is InChI=1S/C15H22O3/c1-4-13(16)12-9-7-8-10-14(12)18-11-15(17,5-2)6-3/h7-10,17H,4-6,11H2,1-3H3. The van der Waals surface area contributed by atoms with Crippen molar-refractivity contribution in [3.8, 4) is 5.75 Å². The third-order valence-corrected chi connectivity index (χ3v) is 3.32. The number of ether oxygens (including phenoxy) is 1. The van der Waals surface area contributed by atoms with Crippen molar-refractivity contribution in [1.82, 2.24) is 0 Å². The van der Waals surface area contributed by atoms with Gasteiger partial charge in [-0.1, -0.05) is 32.9 Å². The average molecular weight is 250 g/mol. The SMILES string of the molecule is CCC(=O)c1ccccc1OCC(O)(CC)CC. The number of para-hydroxylation sites is 1. The smallest absolute Gasteiger partial charge is 0.166 e. The maximum atomic E-state index is 11.8. The van der Waals surface area contributed by atoms with E-state index in [2.05, 4.69) is 0 Å². The van der Waals surface area contributed by atoms with Gasteiger partial charge in [-0.3, -0.25) is 4.79 Å². The van der Waals surface area contributed by atoms with Crippen LogP contribution in [0.1, 0.15) is 50.4 Å². The van der Waals surface area contributed by atoms with Crippen LogP contribution in [0.15, 0.2) is 24.3 Å².